The molecule has 0 spiro atoms. The van der Waals surface area contributed by atoms with Gasteiger partial charge in [-0.1, -0.05) is 13.8 Å². The number of carbonyl (C=O) groups excluding carboxylic acids is 1. The fraction of sp³-hybridized carbons (Fsp3) is 0.889. The van der Waals surface area contributed by atoms with Gasteiger partial charge < -0.3 is 14.4 Å². The quantitative estimate of drug-likeness (QED) is 0.627. The van der Waals surface area contributed by atoms with Crippen LogP contribution in [0.2, 0.25) is 0 Å². The Morgan fingerprint density at radius 2 is 1.92 bits per heavy atom. The van der Waals surface area contributed by atoms with Crippen LogP contribution in [0, 0.1) is 0 Å². The van der Waals surface area contributed by atoms with Crippen molar-refractivity contribution >= 4 is 6.09 Å². The molecule has 0 aromatic heterocycles. The summed E-state index contributed by atoms with van der Waals surface area (Å²) in [7, 11) is 0. The van der Waals surface area contributed by atoms with E-state index in [2.05, 4.69) is 0 Å². The van der Waals surface area contributed by atoms with Gasteiger partial charge in [-0.2, -0.15) is 0 Å². The smallest absolute Gasteiger partial charge is 0.409 e. The molecule has 78 valence electrons. The molecule has 4 heteroatoms. The number of nitrogens with zero attached hydrogens (tertiary/aromatic N) is 1. The third kappa shape index (κ3) is 4.72. The molecule has 1 amide bonds. The van der Waals surface area contributed by atoms with Crippen LogP contribution >= 0.6 is 0 Å². The van der Waals surface area contributed by atoms with Crippen molar-refractivity contribution in [3.63, 3.8) is 0 Å². The largest absolute Gasteiger partial charge is 0.450 e. The maximum atomic E-state index is 11.0. The zero-order chi connectivity index (χ0) is 10.1. The molecular formula is C9H19NO3. The SMILES string of the molecule is CC.CCOC(=O)N1CCOCC1. The Morgan fingerprint density at radius 3 is 2.38 bits per heavy atom. The van der Waals surface area contributed by atoms with Crippen LogP contribution in [0.15, 0.2) is 0 Å². The van der Waals surface area contributed by atoms with E-state index in [1.165, 1.54) is 0 Å². The molecule has 0 aromatic rings. The van der Waals surface area contributed by atoms with Crippen LogP contribution in [0.5, 0.6) is 0 Å². The number of ether oxygens (including phenoxy) is 2. The minimum atomic E-state index is -0.226. The van der Waals surface area contributed by atoms with E-state index in [9.17, 15) is 4.79 Å². The monoisotopic (exact) mass is 189 g/mol. The number of hydrogen-bond acceptors (Lipinski definition) is 3. The Morgan fingerprint density at radius 1 is 1.38 bits per heavy atom. The van der Waals surface area contributed by atoms with Gasteiger partial charge >= 0.3 is 6.09 Å². The third-order valence-electron chi connectivity index (χ3n) is 1.54. The van der Waals surface area contributed by atoms with Gasteiger partial charge in [0.05, 0.1) is 19.8 Å². The first-order valence-corrected chi connectivity index (χ1v) is 4.84. The Kier molecular flexibility index (Phi) is 7.39. The summed E-state index contributed by atoms with van der Waals surface area (Å²) >= 11 is 0. The van der Waals surface area contributed by atoms with E-state index in [-0.39, 0.29) is 6.09 Å². The van der Waals surface area contributed by atoms with Crippen LogP contribution < -0.4 is 0 Å². The van der Waals surface area contributed by atoms with Gasteiger partial charge in [-0.05, 0) is 6.92 Å². The molecule has 0 atom stereocenters. The molecule has 1 aliphatic heterocycles. The maximum absolute atomic E-state index is 11.0. The molecule has 0 bridgehead atoms. The first-order chi connectivity index (χ1) is 6.34. The average molecular weight is 189 g/mol. The lowest BCUT2D eigenvalue weighted by Gasteiger charge is -2.25. The molecule has 0 unspecified atom stereocenters. The standard InChI is InChI=1S/C7H13NO3.C2H6/c1-2-11-7(9)8-3-5-10-6-4-8;1-2/h2-6H2,1H3;1-2H3. The predicted octanol–water partition coefficient (Wildman–Crippen LogP) is 1.50. The topological polar surface area (TPSA) is 38.8 Å². The molecule has 1 aliphatic rings. The summed E-state index contributed by atoms with van der Waals surface area (Å²) < 4.78 is 9.89. The fourth-order valence-electron chi connectivity index (χ4n) is 0.961. The highest BCUT2D eigenvalue weighted by atomic mass is 16.6. The summed E-state index contributed by atoms with van der Waals surface area (Å²) in [5, 5.41) is 0. The van der Waals surface area contributed by atoms with Crippen LogP contribution in [-0.4, -0.2) is 43.9 Å². The molecular weight excluding hydrogens is 170 g/mol. The summed E-state index contributed by atoms with van der Waals surface area (Å²) in [5.74, 6) is 0. The van der Waals surface area contributed by atoms with E-state index in [0.717, 1.165) is 0 Å². The Balaban J connectivity index is 0.000000671. The Labute approximate surface area is 79.8 Å². The van der Waals surface area contributed by atoms with Crippen molar-refractivity contribution in [2.75, 3.05) is 32.9 Å². The van der Waals surface area contributed by atoms with Gasteiger partial charge in [0.2, 0.25) is 0 Å². The van der Waals surface area contributed by atoms with Gasteiger partial charge in [0.25, 0.3) is 0 Å². The first-order valence-electron chi connectivity index (χ1n) is 4.84. The van der Waals surface area contributed by atoms with Gasteiger partial charge in [-0.3, -0.25) is 0 Å². The summed E-state index contributed by atoms with van der Waals surface area (Å²) in [5.41, 5.74) is 0. The van der Waals surface area contributed by atoms with Crippen molar-refractivity contribution in [2.24, 2.45) is 0 Å². The summed E-state index contributed by atoms with van der Waals surface area (Å²) in [6.45, 7) is 8.80. The van der Waals surface area contributed by atoms with E-state index < -0.39 is 0 Å². The molecule has 1 rings (SSSR count). The summed E-state index contributed by atoms with van der Waals surface area (Å²) in [6, 6.07) is 0. The van der Waals surface area contributed by atoms with Crippen molar-refractivity contribution in [1.82, 2.24) is 4.90 Å². The molecule has 1 heterocycles. The van der Waals surface area contributed by atoms with Gasteiger partial charge in [-0.25, -0.2) is 4.79 Å². The van der Waals surface area contributed by atoms with Crippen molar-refractivity contribution in [3.05, 3.63) is 0 Å². The fourth-order valence-corrected chi connectivity index (χ4v) is 0.961. The van der Waals surface area contributed by atoms with Crippen molar-refractivity contribution in [2.45, 2.75) is 20.8 Å². The van der Waals surface area contributed by atoms with E-state index in [1.54, 1.807) is 11.8 Å². The van der Waals surface area contributed by atoms with Gasteiger partial charge in [0.15, 0.2) is 0 Å². The molecule has 1 saturated heterocycles. The van der Waals surface area contributed by atoms with E-state index >= 15 is 0 Å². The van der Waals surface area contributed by atoms with Crippen molar-refractivity contribution in [3.8, 4) is 0 Å². The second-order valence-corrected chi connectivity index (χ2v) is 2.30. The molecule has 0 aromatic carbocycles. The minimum absolute atomic E-state index is 0.226. The normalized spacial score (nSPS) is 15.8. The minimum Gasteiger partial charge on any atom is -0.450 e. The number of hydrogen-bond donors (Lipinski definition) is 0. The van der Waals surface area contributed by atoms with Crippen LogP contribution in [0.4, 0.5) is 4.79 Å². The van der Waals surface area contributed by atoms with Crippen molar-refractivity contribution in [1.29, 1.82) is 0 Å². The van der Waals surface area contributed by atoms with Gasteiger partial charge in [0.1, 0.15) is 0 Å². The number of amides is 1. The van der Waals surface area contributed by atoms with Crippen LogP contribution in [0.25, 0.3) is 0 Å². The van der Waals surface area contributed by atoms with E-state index in [4.69, 9.17) is 9.47 Å². The lowest BCUT2D eigenvalue weighted by molar-refractivity contribution is 0.0286. The summed E-state index contributed by atoms with van der Waals surface area (Å²) in [6.07, 6.45) is -0.226. The predicted molar refractivity (Wildman–Crippen MR) is 50.8 cm³/mol. The second kappa shape index (κ2) is 7.86. The highest BCUT2D eigenvalue weighted by Gasteiger charge is 2.16. The molecule has 0 aliphatic carbocycles. The molecule has 13 heavy (non-hydrogen) atoms. The Bertz CT molecular complexity index is 133. The highest BCUT2D eigenvalue weighted by Crippen LogP contribution is 1.98. The molecule has 1 fully saturated rings. The zero-order valence-electron chi connectivity index (χ0n) is 8.71. The second-order valence-electron chi connectivity index (χ2n) is 2.30. The average Bonchev–Trinajstić information content (AvgIpc) is 2.23. The van der Waals surface area contributed by atoms with Gasteiger partial charge in [0, 0.05) is 13.1 Å². The van der Waals surface area contributed by atoms with Gasteiger partial charge in [-0.15, -0.1) is 0 Å². The Hall–Kier alpha value is -0.770. The lowest BCUT2D eigenvalue weighted by atomic mass is 10.5. The molecule has 0 N–H and O–H groups in total. The van der Waals surface area contributed by atoms with Crippen molar-refractivity contribution < 1.29 is 14.3 Å². The summed E-state index contributed by atoms with van der Waals surface area (Å²) in [4.78, 5) is 12.7. The molecule has 0 saturated carbocycles. The number of morpholine rings is 1. The highest BCUT2D eigenvalue weighted by molar-refractivity contribution is 5.67. The van der Waals surface area contributed by atoms with Crippen LogP contribution in [0.3, 0.4) is 0 Å². The molecule has 0 radical (unpaired) electrons. The number of rotatable bonds is 1. The third-order valence-corrected chi connectivity index (χ3v) is 1.54. The van der Waals surface area contributed by atoms with Crippen LogP contribution in [0.1, 0.15) is 20.8 Å². The number of carbonyl (C=O) groups is 1. The lowest BCUT2D eigenvalue weighted by Crippen LogP contribution is -2.40. The first kappa shape index (κ1) is 12.2. The van der Waals surface area contributed by atoms with E-state index in [0.29, 0.717) is 32.9 Å². The molecule has 4 nitrogen and oxygen atoms in total. The van der Waals surface area contributed by atoms with E-state index in [1.807, 2.05) is 13.8 Å². The van der Waals surface area contributed by atoms with Crippen LogP contribution in [-0.2, 0) is 9.47 Å². The maximum Gasteiger partial charge on any atom is 0.409 e. The zero-order valence-corrected chi connectivity index (χ0v) is 8.71.